The largest absolute Gasteiger partial charge is 0.494 e. The maximum Gasteiger partial charge on any atom is 0.252 e. The average Bonchev–Trinajstić information content (AvgIpc) is 3.46. The molecule has 4 aromatic carbocycles. The van der Waals surface area contributed by atoms with Gasteiger partial charge in [-0.25, -0.2) is 4.99 Å². The molecule has 0 saturated heterocycles. The number of carbonyl (C=O) groups is 1. The molecule has 0 radical (unpaired) electrons. The van der Waals surface area contributed by atoms with Crippen molar-refractivity contribution in [2.45, 2.75) is 31.0 Å². The quantitative estimate of drug-likeness (QED) is 0.0685. The van der Waals surface area contributed by atoms with Gasteiger partial charge in [-0.2, -0.15) is 0 Å². The third-order valence-corrected chi connectivity index (χ3v) is 7.71. The molecule has 2 N–H and O–H groups in total. The molecule has 10 heteroatoms. The van der Waals surface area contributed by atoms with Gasteiger partial charge in [-0.1, -0.05) is 102 Å². The summed E-state index contributed by atoms with van der Waals surface area (Å²) in [7, 11) is 0. The molecule has 0 bridgehead atoms. The fraction of sp³-hybridized carbons (Fsp3) is 0.200. The minimum absolute atomic E-state index is 0.0424. The van der Waals surface area contributed by atoms with Crippen molar-refractivity contribution in [2.24, 2.45) is 10.1 Å². The highest BCUT2D eigenvalue weighted by atomic mass is 35.5. The summed E-state index contributed by atoms with van der Waals surface area (Å²) in [5, 5.41) is 16.5. The molecule has 1 aliphatic rings. The van der Waals surface area contributed by atoms with E-state index in [4.69, 9.17) is 31.2 Å². The smallest absolute Gasteiger partial charge is 0.252 e. The Morgan fingerprint density at radius 2 is 1.78 bits per heavy atom. The second-order valence-corrected chi connectivity index (χ2v) is 10.7. The van der Waals surface area contributed by atoms with Gasteiger partial charge in [-0.05, 0) is 47.0 Å². The predicted molar refractivity (Wildman–Crippen MR) is 175 cm³/mol. The van der Waals surface area contributed by atoms with Crippen LogP contribution in [0.15, 0.2) is 119 Å². The molecule has 0 aromatic heterocycles. The second kappa shape index (κ2) is 15.1. The molecule has 4 aromatic rings. The summed E-state index contributed by atoms with van der Waals surface area (Å²) in [6, 6.07) is 31.3. The summed E-state index contributed by atoms with van der Waals surface area (Å²) in [6.45, 7) is 0.604. The van der Waals surface area contributed by atoms with Crippen LogP contribution in [0, 0.1) is 0 Å². The lowest BCUT2D eigenvalue weighted by molar-refractivity contribution is -0.129. The van der Waals surface area contributed by atoms with Gasteiger partial charge < -0.3 is 19.9 Å². The van der Waals surface area contributed by atoms with Crippen molar-refractivity contribution < 1.29 is 19.4 Å². The van der Waals surface area contributed by atoms with Crippen LogP contribution in [0.2, 0.25) is 5.02 Å². The number of hydrogen-bond acceptors (Lipinski definition) is 6. The first kappa shape index (κ1) is 31.3. The van der Waals surface area contributed by atoms with Crippen molar-refractivity contribution in [1.29, 1.82) is 0 Å². The van der Waals surface area contributed by atoms with Crippen LogP contribution in [-0.4, -0.2) is 35.7 Å². The molecule has 1 heterocycles. The Balaban J connectivity index is 1.58. The Labute approximate surface area is 266 Å². The van der Waals surface area contributed by atoms with Crippen LogP contribution in [0.1, 0.15) is 41.2 Å². The van der Waals surface area contributed by atoms with Gasteiger partial charge in [0.15, 0.2) is 11.6 Å². The zero-order chi connectivity index (χ0) is 31.5. The number of hydrogen-bond donors (Lipinski definition) is 2. The number of rotatable bonds is 13. The normalized spacial score (nSPS) is 17.3. The molecule has 228 valence electrons. The third kappa shape index (κ3) is 7.53. The number of halogens is 1. The predicted octanol–water partition coefficient (Wildman–Crippen LogP) is 7.72. The van der Waals surface area contributed by atoms with E-state index in [0.717, 1.165) is 11.1 Å². The fourth-order valence-electron chi connectivity index (χ4n) is 5.05. The van der Waals surface area contributed by atoms with Crippen LogP contribution < -0.4 is 10.1 Å². The summed E-state index contributed by atoms with van der Waals surface area (Å²) in [5.41, 5.74) is 11.1. The van der Waals surface area contributed by atoms with Gasteiger partial charge in [-0.15, -0.1) is 0 Å². The number of nitrogens with one attached hydrogen (secondary N) is 1. The molecule has 0 aliphatic carbocycles. The molecule has 0 unspecified atom stereocenters. The standard InChI is InChI=1S/C35H32ClN5O4/c36-30-15-6-4-13-27(30)24-38-34(43)35(21-8-12-25-10-2-1-3-11-25)32(29-14-5-7-16-31(29)40-41-37)45-33(39-35)26-17-19-28(20-18-26)44-23-9-22-42/h1-8,10-20,32,42H,9,21-24H2,(H,38,43)/b12-8+/t32-,35-/m1/s1. The van der Waals surface area contributed by atoms with Gasteiger partial charge in [0.2, 0.25) is 5.90 Å². The van der Waals surface area contributed by atoms with Crippen LogP contribution in [0.5, 0.6) is 5.75 Å². The summed E-state index contributed by atoms with van der Waals surface area (Å²) in [4.78, 5) is 22.4. The summed E-state index contributed by atoms with van der Waals surface area (Å²) < 4.78 is 12.2. The first-order valence-corrected chi connectivity index (χ1v) is 14.9. The van der Waals surface area contributed by atoms with Crippen LogP contribution in [-0.2, 0) is 16.1 Å². The van der Waals surface area contributed by atoms with Gasteiger partial charge in [0.25, 0.3) is 5.91 Å². The Bertz CT molecular complexity index is 1720. The maximum atomic E-state index is 14.4. The van der Waals surface area contributed by atoms with Gasteiger partial charge in [0, 0.05) is 52.7 Å². The summed E-state index contributed by atoms with van der Waals surface area (Å²) in [6.07, 6.45) is 3.61. The molecule has 0 saturated carbocycles. The average molecular weight is 622 g/mol. The SMILES string of the molecule is [N-]=[N+]=Nc1ccccc1[C@H]1OC(c2ccc(OCCCO)cc2)=N[C@@]1(C/C=C/c1ccccc1)C(=O)NCc1ccccc1Cl. The van der Waals surface area contributed by atoms with E-state index in [1.54, 1.807) is 54.6 Å². The highest BCUT2D eigenvalue weighted by Gasteiger charge is 2.53. The number of aliphatic imine (C=N–C) groups is 1. The molecule has 2 atom stereocenters. The van der Waals surface area contributed by atoms with E-state index in [2.05, 4.69) is 15.3 Å². The molecule has 0 spiro atoms. The highest BCUT2D eigenvalue weighted by molar-refractivity contribution is 6.31. The lowest BCUT2D eigenvalue weighted by Gasteiger charge is -2.30. The van der Waals surface area contributed by atoms with Gasteiger partial charge in [0.05, 0.1) is 6.61 Å². The number of ether oxygens (including phenoxy) is 2. The van der Waals surface area contributed by atoms with E-state index in [-0.39, 0.29) is 31.4 Å². The number of aliphatic hydroxyl groups is 1. The maximum absolute atomic E-state index is 14.4. The van der Waals surface area contributed by atoms with Crippen molar-refractivity contribution >= 4 is 35.2 Å². The van der Waals surface area contributed by atoms with Crippen molar-refractivity contribution in [1.82, 2.24) is 5.32 Å². The summed E-state index contributed by atoms with van der Waals surface area (Å²) in [5.74, 6) is 0.518. The molecule has 9 nitrogen and oxygen atoms in total. The number of nitrogens with zero attached hydrogens (tertiary/aromatic N) is 4. The minimum atomic E-state index is -1.47. The number of azide groups is 1. The lowest BCUT2D eigenvalue weighted by atomic mass is 9.83. The lowest BCUT2D eigenvalue weighted by Crippen LogP contribution is -2.47. The first-order valence-electron chi connectivity index (χ1n) is 14.5. The number of benzene rings is 4. The monoisotopic (exact) mass is 621 g/mol. The van der Waals surface area contributed by atoms with E-state index in [9.17, 15) is 10.3 Å². The van der Waals surface area contributed by atoms with E-state index in [1.165, 1.54) is 0 Å². The molecule has 0 fully saturated rings. The van der Waals surface area contributed by atoms with Gasteiger partial charge in [0.1, 0.15) is 5.75 Å². The van der Waals surface area contributed by atoms with E-state index in [1.807, 2.05) is 60.7 Å². The van der Waals surface area contributed by atoms with Crippen LogP contribution >= 0.6 is 11.6 Å². The van der Waals surface area contributed by atoms with Crippen molar-refractivity contribution in [3.63, 3.8) is 0 Å². The Morgan fingerprint density at radius 3 is 2.53 bits per heavy atom. The molecular formula is C35H32ClN5O4. The molecular weight excluding hydrogens is 590 g/mol. The fourth-order valence-corrected chi connectivity index (χ4v) is 5.25. The zero-order valence-corrected chi connectivity index (χ0v) is 25.2. The highest BCUT2D eigenvalue weighted by Crippen LogP contribution is 2.45. The third-order valence-electron chi connectivity index (χ3n) is 7.34. The minimum Gasteiger partial charge on any atom is -0.494 e. The number of aliphatic hydroxyl groups excluding tert-OH is 1. The van der Waals surface area contributed by atoms with Crippen LogP contribution in [0.3, 0.4) is 0 Å². The van der Waals surface area contributed by atoms with Crippen molar-refractivity contribution in [2.75, 3.05) is 13.2 Å². The molecule has 1 aliphatic heterocycles. The second-order valence-electron chi connectivity index (χ2n) is 10.3. The number of amides is 1. The van der Waals surface area contributed by atoms with Crippen LogP contribution in [0.25, 0.3) is 16.5 Å². The zero-order valence-electron chi connectivity index (χ0n) is 24.4. The van der Waals surface area contributed by atoms with E-state index in [0.29, 0.717) is 40.6 Å². The van der Waals surface area contributed by atoms with E-state index >= 15 is 0 Å². The summed E-state index contributed by atoms with van der Waals surface area (Å²) >= 11 is 6.41. The first-order chi connectivity index (χ1) is 22.0. The van der Waals surface area contributed by atoms with Gasteiger partial charge >= 0.3 is 0 Å². The van der Waals surface area contributed by atoms with Crippen molar-refractivity contribution in [3.05, 3.63) is 147 Å². The Morgan fingerprint density at radius 1 is 1.04 bits per heavy atom. The Kier molecular flexibility index (Phi) is 10.5. The van der Waals surface area contributed by atoms with E-state index < -0.39 is 11.6 Å². The van der Waals surface area contributed by atoms with Crippen molar-refractivity contribution in [3.8, 4) is 5.75 Å². The molecule has 5 rings (SSSR count). The molecule has 45 heavy (non-hydrogen) atoms. The topological polar surface area (TPSA) is 129 Å². The number of carbonyl (C=O) groups excluding carboxylic acids is 1. The van der Waals surface area contributed by atoms with Gasteiger partial charge in [-0.3, -0.25) is 4.79 Å². The van der Waals surface area contributed by atoms with Crippen LogP contribution in [0.4, 0.5) is 5.69 Å². The Hall–Kier alpha value is -5.08. The molecule has 1 amide bonds.